The average Bonchev–Trinajstić information content (AvgIpc) is 2.69. The third-order valence-electron chi connectivity index (χ3n) is 2.92. The van der Waals surface area contributed by atoms with Crippen LogP contribution in [0.25, 0.3) is 5.65 Å². The highest BCUT2D eigenvalue weighted by Gasteiger charge is 2.15. The third kappa shape index (κ3) is 2.32. The molecule has 0 aromatic carbocycles. The van der Waals surface area contributed by atoms with Gasteiger partial charge in [-0.05, 0) is 24.0 Å². The van der Waals surface area contributed by atoms with Crippen molar-refractivity contribution < 1.29 is 0 Å². The standard InChI is InChI=1S/C12H18N4/c1-4-12(2,3)9-13-11-14-10-7-5-6-8-16(10)15-11/h5-8H,4,9H2,1-3H3,(H,13,15). The van der Waals surface area contributed by atoms with Crippen molar-refractivity contribution in [1.82, 2.24) is 14.6 Å². The van der Waals surface area contributed by atoms with Crippen LogP contribution < -0.4 is 5.32 Å². The molecule has 0 atom stereocenters. The van der Waals surface area contributed by atoms with Crippen molar-refractivity contribution >= 4 is 11.6 Å². The lowest BCUT2D eigenvalue weighted by Gasteiger charge is -2.22. The molecule has 0 radical (unpaired) electrons. The zero-order chi connectivity index (χ0) is 11.6. The summed E-state index contributed by atoms with van der Waals surface area (Å²) >= 11 is 0. The SMILES string of the molecule is CCC(C)(C)CNc1nc2ccccn2n1. The van der Waals surface area contributed by atoms with E-state index in [2.05, 4.69) is 36.2 Å². The number of hydrogen-bond acceptors (Lipinski definition) is 3. The number of nitrogens with zero attached hydrogens (tertiary/aromatic N) is 3. The molecule has 4 heteroatoms. The van der Waals surface area contributed by atoms with Crippen LogP contribution in [0.1, 0.15) is 27.2 Å². The molecule has 0 amide bonds. The molecule has 0 aliphatic heterocycles. The van der Waals surface area contributed by atoms with Gasteiger partial charge in [-0.3, -0.25) is 0 Å². The maximum Gasteiger partial charge on any atom is 0.243 e. The van der Waals surface area contributed by atoms with Crippen molar-refractivity contribution in [2.24, 2.45) is 5.41 Å². The van der Waals surface area contributed by atoms with Gasteiger partial charge in [-0.25, -0.2) is 4.52 Å². The van der Waals surface area contributed by atoms with E-state index in [9.17, 15) is 0 Å². The van der Waals surface area contributed by atoms with Gasteiger partial charge < -0.3 is 5.32 Å². The van der Waals surface area contributed by atoms with Crippen molar-refractivity contribution in [2.45, 2.75) is 27.2 Å². The molecule has 2 aromatic rings. The van der Waals surface area contributed by atoms with Crippen LogP contribution in [0.4, 0.5) is 5.95 Å². The number of pyridine rings is 1. The Labute approximate surface area is 95.7 Å². The summed E-state index contributed by atoms with van der Waals surface area (Å²) in [7, 11) is 0. The number of aromatic nitrogens is 3. The van der Waals surface area contributed by atoms with Crippen LogP contribution in [0.5, 0.6) is 0 Å². The molecular formula is C12H18N4. The Morgan fingerprint density at radius 2 is 2.19 bits per heavy atom. The number of nitrogens with one attached hydrogen (secondary N) is 1. The average molecular weight is 218 g/mol. The maximum atomic E-state index is 4.39. The van der Waals surface area contributed by atoms with Crippen LogP contribution in [0.15, 0.2) is 24.4 Å². The van der Waals surface area contributed by atoms with E-state index in [1.807, 2.05) is 24.4 Å². The van der Waals surface area contributed by atoms with Crippen molar-refractivity contribution in [1.29, 1.82) is 0 Å². The molecule has 0 spiro atoms. The minimum Gasteiger partial charge on any atom is -0.352 e. The molecule has 0 fully saturated rings. The van der Waals surface area contributed by atoms with Gasteiger partial charge in [0, 0.05) is 12.7 Å². The lowest BCUT2D eigenvalue weighted by atomic mass is 9.90. The second kappa shape index (κ2) is 4.12. The Morgan fingerprint density at radius 1 is 1.38 bits per heavy atom. The summed E-state index contributed by atoms with van der Waals surface area (Å²) in [5, 5.41) is 7.63. The van der Waals surface area contributed by atoms with Crippen LogP contribution in [0, 0.1) is 5.41 Å². The number of hydrogen-bond donors (Lipinski definition) is 1. The first-order valence-electron chi connectivity index (χ1n) is 5.66. The van der Waals surface area contributed by atoms with E-state index >= 15 is 0 Å². The monoisotopic (exact) mass is 218 g/mol. The van der Waals surface area contributed by atoms with Gasteiger partial charge in [0.25, 0.3) is 0 Å². The Balaban J connectivity index is 2.10. The predicted octanol–water partition coefficient (Wildman–Crippen LogP) is 2.58. The van der Waals surface area contributed by atoms with E-state index in [0.29, 0.717) is 5.95 Å². The summed E-state index contributed by atoms with van der Waals surface area (Å²) in [6, 6.07) is 5.86. The Kier molecular flexibility index (Phi) is 2.81. The fourth-order valence-corrected chi connectivity index (χ4v) is 1.35. The van der Waals surface area contributed by atoms with Crippen LogP contribution >= 0.6 is 0 Å². The summed E-state index contributed by atoms with van der Waals surface area (Å²) in [5.74, 6) is 0.702. The molecular weight excluding hydrogens is 200 g/mol. The first kappa shape index (κ1) is 10.9. The zero-order valence-corrected chi connectivity index (χ0v) is 10.1. The third-order valence-corrected chi connectivity index (χ3v) is 2.92. The van der Waals surface area contributed by atoms with Gasteiger partial charge in [0.15, 0.2) is 5.65 Å². The summed E-state index contributed by atoms with van der Waals surface area (Å²) < 4.78 is 1.78. The fourth-order valence-electron chi connectivity index (χ4n) is 1.35. The van der Waals surface area contributed by atoms with Gasteiger partial charge in [0.05, 0.1) is 0 Å². The van der Waals surface area contributed by atoms with Crippen molar-refractivity contribution in [3.8, 4) is 0 Å². The molecule has 2 rings (SSSR count). The first-order valence-corrected chi connectivity index (χ1v) is 5.66. The van der Waals surface area contributed by atoms with Crippen molar-refractivity contribution in [3.63, 3.8) is 0 Å². The summed E-state index contributed by atoms with van der Waals surface area (Å²) in [6.45, 7) is 7.55. The highest BCUT2D eigenvalue weighted by Crippen LogP contribution is 2.19. The van der Waals surface area contributed by atoms with Gasteiger partial charge in [0.1, 0.15) is 0 Å². The van der Waals surface area contributed by atoms with Crippen LogP contribution in [-0.2, 0) is 0 Å². The Hall–Kier alpha value is -1.58. The molecule has 2 aromatic heterocycles. The Bertz CT molecular complexity index is 440. The molecule has 0 unspecified atom stereocenters. The quantitative estimate of drug-likeness (QED) is 0.857. The van der Waals surface area contributed by atoms with Gasteiger partial charge in [-0.15, -0.1) is 5.10 Å². The molecule has 0 saturated carbocycles. The smallest absolute Gasteiger partial charge is 0.243 e. The molecule has 86 valence electrons. The van der Waals surface area contributed by atoms with Crippen molar-refractivity contribution in [2.75, 3.05) is 11.9 Å². The summed E-state index contributed by atoms with van der Waals surface area (Å²) in [5.41, 5.74) is 1.15. The summed E-state index contributed by atoms with van der Waals surface area (Å²) in [6.07, 6.45) is 3.03. The molecule has 16 heavy (non-hydrogen) atoms. The van der Waals surface area contributed by atoms with E-state index in [4.69, 9.17) is 0 Å². The van der Waals surface area contributed by atoms with Gasteiger partial charge in [-0.2, -0.15) is 4.98 Å². The fraction of sp³-hybridized carbons (Fsp3) is 0.500. The minimum atomic E-state index is 0.275. The highest BCUT2D eigenvalue weighted by molar-refractivity contribution is 5.42. The summed E-state index contributed by atoms with van der Waals surface area (Å²) in [4.78, 5) is 4.39. The molecule has 0 bridgehead atoms. The van der Waals surface area contributed by atoms with Crippen LogP contribution in [0.3, 0.4) is 0 Å². The predicted molar refractivity (Wildman–Crippen MR) is 65.5 cm³/mol. The zero-order valence-electron chi connectivity index (χ0n) is 10.1. The van der Waals surface area contributed by atoms with Gasteiger partial charge in [0.2, 0.25) is 5.95 Å². The Morgan fingerprint density at radius 3 is 2.88 bits per heavy atom. The van der Waals surface area contributed by atoms with E-state index in [0.717, 1.165) is 18.6 Å². The minimum absolute atomic E-state index is 0.275. The highest BCUT2D eigenvalue weighted by atomic mass is 15.3. The molecule has 4 nitrogen and oxygen atoms in total. The molecule has 1 N–H and O–H groups in total. The van der Waals surface area contributed by atoms with E-state index in [1.165, 1.54) is 0 Å². The molecule has 0 aliphatic carbocycles. The normalized spacial score (nSPS) is 11.9. The largest absolute Gasteiger partial charge is 0.352 e. The van der Waals surface area contributed by atoms with Crippen LogP contribution in [0.2, 0.25) is 0 Å². The van der Waals surface area contributed by atoms with Crippen LogP contribution in [-0.4, -0.2) is 21.1 Å². The van der Waals surface area contributed by atoms with E-state index in [1.54, 1.807) is 4.52 Å². The van der Waals surface area contributed by atoms with Gasteiger partial charge in [-0.1, -0.05) is 26.8 Å². The van der Waals surface area contributed by atoms with E-state index < -0.39 is 0 Å². The first-order chi connectivity index (χ1) is 7.61. The topological polar surface area (TPSA) is 42.2 Å². The van der Waals surface area contributed by atoms with Gasteiger partial charge >= 0.3 is 0 Å². The van der Waals surface area contributed by atoms with E-state index in [-0.39, 0.29) is 5.41 Å². The lowest BCUT2D eigenvalue weighted by Crippen LogP contribution is -2.22. The lowest BCUT2D eigenvalue weighted by molar-refractivity contribution is 0.376. The second-order valence-corrected chi connectivity index (χ2v) is 4.81. The second-order valence-electron chi connectivity index (χ2n) is 4.81. The molecule has 0 aliphatic rings. The molecule has 0 saturated heterocycles. The van der Waals surface area contributed by atoms with Crippen molar-refractivity contribution in [3.05, 3.63) is 24.4 Å². The molecule has 2 heterocycles. The number of anilines is 1. The number of rotatable bonds is 4. The maximum absolute atomic E-state index is 4.39. The number of fused-ring (bicyclic) bond motifs is 1.